The fourth-order valence-corrected chi connectivity index (χ4v) is 2.77. The fourth-order valence-electron chi connectivity index (χ4n) is 2.77. The van der Waals surface area contributed by atoms with Gasteiger partial charge in [0.2, 0.25) is 11.8 Å². The predicted molar refractivity (Wildman–Crippen MR) is 82.3 cm³/mol. The standard InChI is InChI=1S/C16H21N3O3/c1-21-9-8-19-7-6-12(11-19)16(20)17-10-15-18-13-4-2-3-5-14(13)22-15/h2-5,12H,6-11H2,1H3,(H,17,20)/t12-/m0/s1. The normalized spacial score (nSPS) is 18.9. The van der Waals surface area contributed by atoms with Gasteiger partial charge in [0, 0.05) is 20.2 Å². The molecule has 22 heavy (non-hydrogen) atoms. The number of fused-ring (bicyclic) bond motifs is 1. The number of aromatic nitrogens is 1. The number of carbonyl (C=O) groups is 1. The zero-order valence-electron chi connectivity index (χ0n) is 12.7. The molecule has 1 atom stereocenters. The van der Waals surface area contributed by atoms with Crippen LogP contribution >= 0.6 is 0 Å². The number of ether oxygens (including phenoxy) is 1. The first-order valence-corrected chi connectivity index (χ1v) is 7.59. The minimum atomic E-state index is 0.0428. The van der Waals surface area contributed by atoms with Crippen LogP contribution in [0.5, 0.6) is 0 Å². The van der Waals surface area contributed by atoms with Gasteiger partial charge in [0.1, 0.15) is 5.52 Å². The van der Waals surface area contributed by atoms with E-state index in [0.717, 1.165) is 37.2 Å². The van der Waals surface area contributed by atoms with E-state index in [9.17, 15) is 4.79 Å². The first kappa shape index (κ1) is 15.0. The highest BCUT2D eigenvalue weighted by Gasteiger charge is 2.27. The van der Waals surface area contributed by atoms with Gasteiger partial charge in [-0.2, -0.15) is 0 Å². The molecule has 1 N–H and O–H groups in total. The summed E-state index contributed by atoms with van der Waals surface area (Å²) in [5, 5.41) is 2.93. The van der Waals surface area contributed by atoms with Crippen LogP contribution in [0.2, 0.25) is 0 Å². The number of rotatable bonds is 6. The molecule has 0 spiro atoms. The lowest BCUT2D eigenvalue weighted by Crippen LogP contribution is -2.33. The largest absolute Gasteiger partial charge is 0.439 e. The van der Waals surface area contributed by atoms with E-state index in [-0.39, 0.29) is 11.8 Å². The minimum absolute atomic E-state index is 0.0428. The van der Waals surface area contributed by atoms with E-state index >= 15 is 0 Å². The molecule has 1 aromatic heterocycles. The van der Waals surface area contributed by atoms with Gasteiger partial charge in [-0.1, -0.05) is 12.1 Å². The number of benzene rings is 1. The van der Waals surface area contributed by atoms with Crippen molar-refractivity contribution in [1.82, 2.24) is 15.2 Å². The number of oxazole rings is 1. The van der Waals surface area contributed by atoms with Gasteiger partial charge in [0.25, 0.3) is 0 Å². The molecule has 6 nitrogen and oxygen atoms in total. The summed E-state index contributed by atoms with van der Waals surface area (Å²) in [6.07, 6.45) is 0.892. The molecule has 1 aliphatic heterocycles. The molecule has 1 amide bonds. The van der Waals surface area contributed by atoms with E-state index in [1.165, 1.54) is 0 Å². The van der Waals surface area contributed by atoms with Gasteiger partial charge in [-0.25, -0.2) is 4.98 Å². The smallest absolute Gasteiger partial charge is 0.224 e. The summed E-state index contributed by atoms with van der Waals surface area (Å²) in [7, 11) is 1.70. The van der Waals surface area contributed by atoms with Crippen LogP contribution in [0.25, 0.3) is 11.1 Å². The number of hydrogen-bond donors (Lipinski definition) is 1. The molecule has 1 saturated heterocycles. The fraction of sp³-hybridized carbons (Fsp3) is 0.500. The third-order valence-electron chi connectivity index (χ3n) is 4.01. The van der Waals surface area contributed by atoms with Gasteiger partial charge in [0.05, 0.1) is 19.1 Å². The highest BCUT2D eigenvalue weighted by atomic mass is 16.5. The van der Waals surface area contributed by atoms with Gasteiger partial charge in [-0.05, 0) is 25.1 Å². The van der Waals surface area contributed by atoms with Crippen molar-refractivity contribution in [3.05, 3.63) is 30.2 Å². The van der Waals surface area contributed by atoms with Crippen LogP contribution in [0.4, 0.5) is 0 Å². The summed E-state index contributed by atoms with van der Waals surface area (Å²) in [6.45, 7) is 3.66. The average Bonchev–Trinajstić information content (AvgIpc) is 3.16. The molecule has 6 heteroatoms. The molecule has 2 aromatic rings. The first-order chi connectivity index (χ1) is 10.8. The molecular weight excluding hydrogens is 282 g/mol. The minimum Gasteiger partial charge on any atom is -0.439 e. The van der Waals surface area contributed by atoms with Crippen LogP contribution in [-0.2, 0) is 16.1 Å². The summed E-state index contributed by atoms with van der Waals surface area (Å²) in [4.78, 5) is 18.8. The van der Waals surface area contributed by atoms with E-state index in [2.05, 4.69) is 15.2 Å². The molecular formula is C16H21N3O3. The van der Waals surface area contributed by atoms with Crippen LogP contribution < -0.4 is 5.32 Å². The molecule has 118 valence electrons. The van der Waals surface area contributed by atoms with Crippen LogP contribution in [0, 0.1) is 5.92 Å². The number of nitrogens with zero attached hydrogens (tertiary/aromatic N) is 2. The molecule has 0 unspecified atom stereocenters. The summed E-state index contributed by atoms with van der Waals surface area (Å²) < 4.78 is 10.7. The molecule has 1 aromatic carbocycles. The highest BCUT2D eigenvalue weighted by molar-refractivity contribution is 5.79. The molecule has 0 bridgehead atoms. The van der Waals surface area contributed by atoms with Crippen LogP contribution in [-0.4, -0.2) is 49.1 Å². The van der Waals surface area contributed by atoms with Crippen molar-refractivity contribution in [2.24, 2.45) is 5.92 Å². The van der Waals surface area contributed by atoms with Crippen molar-refractivity contribution < 1.29 is 13.9 Å². The van der Waals surface area contributed by atoms with Gasteiger partial charge in [-0.3, -0.25) is 4.79 Å². The number of amides is 1. The number of nitrogens with one attached hydrogen (secondary N) is 1. The highest BCUT2D eigenvalue weighted by Crippen LogP contribution is 2.17. The van der Waals surface area contributed by atoms with Crippen molar-refractivity contribution in [1.29, 1.82) is 0 Å². The average molecular weight is 303 g/mol. The topological polar surface area (TPSA) is 67.6 Å². The monoisotopic (exact) mass is 303 g/mol. The molecule has 2 heterocycles. The number of methoxy groups -OCH3 is 1. The third-order valence-corrected chi connectivity index (χ3v) is 4.01. The Morgan fingerprint density at radius 3 is 3.18 bits per heavy atom. The lowest BCUT2D eigenvalue weighted by molar-refractivity contribution is -0.124. The lowest BCUT2D eigenvalue weighted by atomic mass is 10.1. The Bertz CT molecular complexity index is 607. The summed E-state index contributed by atoms with van der Waals surface area (Å²) in [6, 6.07) is 7.59. The lowest BCUT2D eigenvalue weighted by Gasteiger charge is -2.14. The Morgan fingerprint density at radius 1 is 1.50 bits per heavy atom. The quantitative estimate of drug-likeness (QED) is 0.874. The van der Waals surface area contributed by atoms with E-state index in [1.807, 2.05) is 24.3 Å². The van der Waals surface area contributed by atoms with E-state index < -0.39 is 0 Å². The molecule has 1 fully saturated rings. The maximum Gasteiger partial charge on any atom is 0.224 e. The maximum atomic E-state index is 12.2. The van der Waals surface area contributed by atoms with Crippen LogP contribution in [0.15, 0.2) is 28.7 Å². The first-order valence-electron chi connectivity index (χ1n) is 7.59. The van der Waals surface area contributed by atoms with Gasteiger partial charge in [-0.15, -0.1) is 0 Å². The summed E-state index contributed by atoms with van der Waals surface area (Å²) >= 11 is 0. The molecule has 0 radical (unpaired) electrons. The van der Waals surface area contributed by atoms with Crippen molar-refractivity contribution in [3.8, 4) is 0 Å². The predicted octanol–water partition coefficient (Wildman–Crippen LogP) is 1.41. The second-order valence-electron chi connectivity index (χ2n) is 5.57. The number of hydrogen-bond acceptors (Lipinski definition) is 5. The second kappa shape index (κ2) is 6.89. The summed E-state index contributed by atoms with van der Waals surface area (Å²) in [5.74, 6) is 0.659. The van der Waals surface area contributed by atoms with Crippen LogP contribution in [0.3, 0.4) is 0 Å². The van der Waals surface area contributed by atoms with Crippen molar-refractivity contribution in [3.63, 3.8) is 0 Å². The van der Waals surface area contributed by atoms with Gasteiger partial charge < -0.3 is 19.4 Å². The third kappa shape index (κ3) is 3.45. The zero-order chi connectivity index (χ0) is 15.4. The maximum absolute atomic E-state index is 12.2. The van der Waals surface area contributed by atoms with Gasteiger partial charge in [0.15, 0.2) is 5.58 Å². The van der Waals surface area contributed by atoms with E-state index in [1.54, 1.807) is 7.11 Å². The van der Waals surface area contributed by atoms with Crippen molar-refractivity contribution in [2.45, 2.75) is 13.0 Å². The Hall–Kier alpha value is -1.92. The Labute approximate surface area is 129 Å². The number of carbonyl (C=O) groups excluding carboxylic acids is 1. The zero-order valence-corrected chi connectivity index (χ0v) is 12.7. The number of likely N-dealkylation sites (tertiary alicyclic amines) is 1. The van der Waals surface area contributed by atoms with Crippen molar-refractivity contribution in [2.75, 3.05) is 33.4 Å². The summed E-state index contributed by atoms with van der Waals surface area (Å²) in [5.41, 5.74) is 1.57. The molecule has 3 rings (SSSR count). The SMILES string of the molecule is COCCN1CC[C@H](C(=O)NCc2nc3ccccc3o2)C1. The van der Waals surface area contributed by atoms with E-state index in [4.69, 9.17) is 9.15 Å². The Balaban J connectivity index is 1.50. The number of para-hydroxylation sites is 2. The van der Waals surface area contributed by atoms with Gasteiger partial charge >= 0.3 is 0 Å². The Morgan fingerprint density at radius 2 is 2.36 bits per heavy atom. The molecule has 1 aliphatic rings. The Kier molecular flexibility index (Phi) is 4.70. The van der Waals surface area contributed by atoms with Crippen molar-refractivity contribution >= 4 is 17.0 Å². The van der Waals surface area contributed by atoms with Crippen LogP contribution in [0.1, 0.15) is 12.3 Å². The second-order valence-corrected chi connectivity index (χ2v) is 5.57. The molecule has 0 aliphatic carbocycles. The van der Waals surface area contributed by atoms with E-state index in [0.29, 0.717) is 19.0 Å². The molecule has 0 saturated carbocycles.